The molecule has 1 heterocycles. The molecule has 10 heteroatoms. The van der Waals surface area contributed by atoms with Gasteiger partial charge in [0.05, 0.1) is 18.0 Å². The van der Waals surface area contributed by atoms with Crippen molar-refractivity contribution < 1.29 is 27.8 Å². The predicted molar refractivity (Wildman–Crippen MR) is 106 cm³/mol. The van der Waals surface area contributed by atoms with Crippen molar-refractivity contribution in [2.45, 2.75) is 19.6 Å². The Kier molecular flexibility index (Phi) is 6.71. The number of nitrogens with zero attached hydrogens (tertiary/aromatic N) is 2. The predicted octanol–water partition coefficient (Wildman–Crippen LogP) is 2.75. The number of rotatable bonds is 7. The molecule has 2 N–H and O–H groups in total. The maximum atomic E-state index is 13.7. The summed E-state index contributed by atoms with van der Waals surface area (Å²) in [5.41, 5.74) is -0.434. The van der Waals surface area contributed by atoms with Gasteiger partial charge in [0.15, 0.2) is 0 Å². The number of halogens is 3. The minimum absolute atomic E-state index is 0.0769. The van der Waals surface area contributed by atoms with Crippen LogP contribution in [0.5, 0.6) is 5.75 Å². The first-order valence-electron chi connectivity index (χ1n) is 9.15. The van der Waals surface area contributed by atoms with E-state index in [0.29, 0.717) is 5.56 Å². The first-order chi connectivity index (χ1) is 14.8. The second-order valence-electron chi connectivity index (χ2n) is 6.60. The summed E-state index contributed by atoms with van der Waals surface area (Å²) in [6, 6.07) is 11.2. The van der Waals surface area contributed by atoms with E-state index in [1.54, 1.807) is 6.92 Å². The normalized spacial score (nSPS) is 11.9. The lowest BCUT2D eigenvalue weighted by Crippen LogP contribution is -2.39. The molecule has 2 aromatic carbocycles. The molecule has 3 aromatic rings. The van der Waals surface area contributed by atoms with E-state index in [2.05, 4.69) is 15.2 Å². The molecule has 1 aromatic heterocycles. The summed E-state index contributed by atoms with van der Waals surface area (Å²) >= 11 is 0. The highest BCUT2D eigenvalue weighted by Crippen LogP contribution is 2.22. The Morgan fingerprint density at radius 2 is 1.90 bits per heavy atom. The average Bonchev–Trinajstić information content (AvgIpc) is 2.74. The Bertz CT molecular complexity index is 1130. The van der Waals surface area contributed by atoms with E-state index < -0.39 is 29.9 Å². The molecule has 162 valence electrons. The Hall–Kier alpha value is -3.66. The van der Waals surface area contributed by atoms with Crippen molar-refractivity contribution in [2.24, 2.45) is 0 Å². The van der Waals surface area contributed by atoms with Crippen LogP contribution < -0.4 is 15.6 Å². The van der Waals surface area contributed by atoms with E-state index in [9.17, 15) is 22.8 Å². The number of benzene rings is 2. The number of hydrogen-bond donors (Lipinski definition) is 2. The van der Waals surface area contributed by atoms with Crippen LogP contribution >= 0.6 is 0 Å². The van der Waals surface area contributed by atoms with Crippen LogP contribution in [0.2, 0.25) is 0 Å². The smallest absolute Gasteiger partial charge is 0.387 e. The van der Waals surface area contributed by atoms with Crippen LogP contribution in [0.15, 0.2) is 59.4 Å². The first kappa shape index (κ1) is 22.0. The Labute approximate surface area is 174 Å². The van der Waals surface area contributed by atoms with Gasteiger partial charge in [-0.3, -0.25) is 9.59 Å². The van der Waals surface area contributed by atoms with Crippen LogP contribution in [0.3, 0.4) is 0 Å². The number of ether oxygens (including phenoxy) is 1. The fraction of sp³-hybridized carbons (Fsp3) is 0.190. The minimum Gasteiger partial charge on any atom is -0.435 e. The number of amides is 1. The van der Waals surface area contributed by atoms with Gasteiger partial charge in [0.2, 0.25) is 0 Å². The third kappa shape index (κ3) is 5.28. The number of aliphatic hydroxyl groups excluding tert-OH is 1. The van der Waals surface area contributed by atoms with Crippen molar-refractivity contribution in [1.29, 1.82) is 0 Å². The van der Waals surface area contributed by atoms with Crippen LogP contribution in [0, 0.1) is 5.82 Å². The fourth-order valence-electron chi connectivity index (χ4n) is 2.74. The zero-order valence-electron chi connectivity index (χ0n) is 16.3. The third-order valence-corrected chi connectivity index (χ3v) is 4.24. The maximum Gasteiger partial charge on any atom is 0.387 e. The summed E-state index contributed by atoms with van der Waals surface area (Å²) in [5.74, 6) is -1.44. The largest absolute Gasteiger partial charge is 0.435 e. The van der Waals surface area contributed by atoms with E-state index in [4.69, 9.17) is 5.11 Å². The number of aromatic nitrogens is 2. The molecule has 0 aliphatic heterocycles. The highest BCUT2D eigenvalue weighted by molar-refractivity contribution is 5.95. The molecule has 0 saturated heterocycles. The van der Waals surface area contributed by atoms with Crippen molar-refractivity contribution in [3.63, 3.8) is 0 Å². The van der Waals surface area contributed by atoms with Gasteiger partial charge in [-0.2, -0.15) is 18.6 Å². The molecule has 31 heavy (non-hydrogen) atoms. The molecular weight excluding hydrogens is 415 g/mol. The van der Waals surface area contributed by atoms with Crippen LogP contribution in [0.4, 0.5) is 13.2 Å². The minimum atomic E-state index is -2.98. The average molecular weight is 433 g/mol. The molecule has 3 rings (SSSR count). The first-order valence-corrected chi connectivity index (χ1v) is 9.15. The number of carbonyl (C=O) groups is 1. The van der Waals surface area contributed by atoms with Gasteiger partial charge in [-0.05, 0) is 55.5 Å². The molecule has 0 bridgehead atoms. The molecule has 0 unspecified atom stereocenters. The van der Waals surface area contributed by atoms with Gasteiger partial charge in [0.1, 0.15) is 17.1 Å². The van der Waals surface area contributed by atoms with Crippen molar-refractivity contribution in [3.05, 3.63) is 76.3 Å². The summed E-state index contributed by atoms with van der Waals surface area (Å²) in [6.45, 7) is -1.78. The Balaban J connectivity index is 2.12. The highest BCUT2D eigenvalue weighted by atomic mass is 19.3. The maximum absolute atomic E-state index is 13.7. The molecule has 0 aliphatic rings. The second-order valence-corrected chi connectivity index (χ2v) is 6.60. The number of hydrogen-bond acceptors (Lipinski definition) is 5. The lowest BCUT2D eigenvalue weighted by atomic mass is 10.1. The molecule has 0 aliphatic carbocycles. The van der Waals surface area contributed by atoms with E-state index in [1.165, 1.54) is 48.5 Å². The molecule has 7 nitrogen and oxygen atoms in total. The van der Waals surface area contributed by atoms with Gasteiger partial charge in [-0.1, -0.05) is 6.07 Å². The lowest BCUT2D eigenvalue weighted by molar-refractivity contribution is -0.0498. The van der Waals surface area contributed by atoms with Crippen molar-refractivity contribution in [1.82, 2.24) is 15.1 Å². The van der Waals surface area contributed by atoms with E-state index in [0.717, 1.165) is 10.7 Å². The van der Waals surface area contributed by atoms with E-state index >= 15 is 0 Å². The Morgan fingerprint density at radius 3 is 2.52 bits per heavy atom. The van der Waals surface area contributed by atoms with Gasteiger partial charge in [-0.15, -0.1) is 0 Å². The SMILES string of the molecule is C[C@@H](CO)NC(=O)c1cc(-c2ccc(OC(F)F)cc2)nn(-c2cccc(F)c2)c1=O. The van der Waals surface area contributed by atoms with E-state index in [1.807, 2.05) is 0 Å². The lowest BCUT2D eigenvalue weighted by Gasteiger charge is -2.14. The van der Waals surface area contributed by atoms with Gasteiger partial charge in [0, 0.05) is 11.6 Å². The van der Waals surface area contributed by atoms with Crippen LogP contribution in [0.1, 0.15) is 17.3 Å². The summed E-state index contributed by atoms with van der Waals surface area (Å²) < 4.78 is 43.6. The summed E-state index contributed by atoms with van der Waals surface area (Å²) in [7, 11) is 0. The zero-order valence-corrected chi connectivity index (χ0v) is 16.3. The van der Waals surface area contributed by atoms with Gasteiger partial charge in [-0.25, -0.2) is 4.39 Å². The molecule has 0 saturated carbocycles. The van der Waals surface area contributed by atoms with Crippen LogP contribution in [0.25, 0.3) is 16.9 Å². The van der Waals surface area contributed by atoms with Gasteiger partial charge < -0.3 is 15.2 Å². The molecule has 0 spiro atoms. The van der Waals surface area contributed by atoms with E-state index in [-0.39, 0.29) is 29.3 Å². The Morgan fingerprint density at radius 1 is 1.19 bits per heavy atom. The topological polar surface area (TPSA) is 93.4 Å². The van der Waals surface area contributed by atoms with Crippen LogP contribution in [-0.4, -0.2) is 40.1 Å². The quantitative estimate of drug-likeness (QED) is 0.598. The second kappa shape index (κ2) is 9.43. The molecular formula is C21H18F3N3O4. The third-order valence-electron chi connectivity index (χ3n) is 4.24. The number of carbonyl (C=O) groups excluding carboxylic acids is 1. The monoisotopic (exact) mass is 433 g/mol. The number of aliphatic hydroxyl groups is 1. The number of nitrogens with one attached hydrogen (secondary N) is 1. The summed E-state index contributed by atoms with van der Waals surface area (Å²) in [5, 5.41) is 15.9. The van der Waals surface area contributed by atoms with Crippen molar-refractivity contribution in [2.75, 3.05) is 6.61 Å². The number of alkyl halides is 2. The summed E-state index contributed by atoms with van der Waals surface area (Å²) in [6.07, 6.45) is 0. The fourth-order valence-corrected chi connectivity index (χ4v) is 2.74. The molecule has 1 atom stereocenters. The molecule has 1 amide bonds. The van der Waals surface area contributed by atoms with Crippen molar-refractivity contribution in [3.8, 4) is 22.7 Å². The van der Waals surface area contributed by atoms with Gasteiger partial charge >= 0.3 is 6.61 Å². The molecule has 0 fully saturated rings. The van der Waals surface area contributed by atoms with Gasteiger partial charge in [0.25, 0.3) is 11.5 Å². The molecule has 0 radical (unpaired) electrons. The summed E-state index contributed by atoms with van der Waals surface area (Å²) in [4.78, 5) is 25.5. The highest BCUT2D eigenvalue weighted by Gasteiger charge is 2.19. The zero-order chi connectivity index (χ0) is 22.5. The standard InChI is InChI=1S/C21H18F3N3O4/c1-12(11-28)25-19(29)17-10-18(13-5-7-16(8-6-13)31-21(23)24)26-27(20(17)30)15-4-2-3-14(22)9-15/h2-10,12,21,28H,11H2,1H3,(H,25,29)/t12-/m0/s1. The van der Waals surface area contributed by atoms with Crippen LogP contribution in [-0.2, 0) is 0 Å². The van der Waals surface area contributed by atoms with Crippen molar-refractivity contribution >= 4 is 5.91 Å².